The maximum atomic E-state index is 3.82. The van der Waals surface area contributed by atoms with Crippen molar-refractivity contribution in [2.24, 2.45) is 38.4 Å². The number of hydrogen-bond donors (Lipinski definition) is 0. The van der Waals surface area contributed by atoms with Crippen molar-refractivity contribution in [1.29, 1.82) is 0 Å². The Balaban J connectivity index is 1.38. The Labute approximate surface area is 274 Å². The van der Waals surface area contributed by atoms with E-state index in [0.717, 1.165) is 5.92 Å². The first-order chi connectivity index (χ1) is 20.6. The molecule has 0 aliphatic heterocycles. The SMILES string of the molecule is CCCCC12CC3CC(CCCC)(C1)CC(C14CC5(CCCC)CC(CCCC)(CC(c6ccc(Br)cc6)(C5)C1)C4)(C3)C2. The monoisotopic (exact) mass is 648 g/mol. The predicted molar refractivity (Wildman–Crippen MR) is 187 cm³/mol. The standard InChI is InChI=1S/C42H65Br/c1-5-9-17-36-21-33-22-37(24-36,18-10-6-2)29-41(23-33,28-36)42-30-38(19-11-7-3)25-39(31-42,20-12-8-4)27-40(26-38,32-42)34-13-15-35(43)16-14-34/h13-16,33H,5-12,17-32H2,1-4H3. The van der Waals surface area contributed by atoms with Gasteiger partial charge in [0.2, 0.25) is 0 Å². The highest BCUT2D eigenvalue weighted by atomic mass is 79.9. The lowest BCUT2D eigenvalue weighted by atomic mass is 9.25. The molecule has 8 aliphatic rings. The molecule has 8 fully saturated rings. The summed E-state index contributed by atoms with van der Waals surface area (Å²) in [6, 6.07) is 9.94. The minimum absolute atomic E-state index is 0.410. The molecule has 0 saturated heterocycles. The van der Waals surface area contributed by atoms with Crippen LogP contribution in [0.5, 0.6) is 0 Å². The van der Waals surface area contributed by atoms with Gasteiger partial charge in [-0.3, -0.25) is 0 Å². The van der Waals surface area contributed by atoms with Crippen LogP contribution in [0.25, 0.3) is 0 Å². The Bertz CT molecular complexity index is 1100. The lowest BCUT2D eigenvalue weighted by molar-refractivity contribution is -0.283. The second kappa shape index (κ2) is 11.2. The highest BCUT2D eigenvalue weighted by molar-refractivity contribution is 9.10. The van der Waals surface area contributed by atoms with E-state index in [0.29, 0.717) is 37.9 Å². The third kappa shape index (κ3) is 5.08. The van der Waals surface area contributed by atoms with Gasteiger partial charge in [-0.25, -0.2) is 0 Å². The van der Waals surface area contributed by atoms with Gasteiger partial charge in [0.05, 0.1) is 0 Å². The summed E-state index contributed by atoms with van der Waals surface area (Å²) in [4.78, 5) is 0. The zero-order chi connectivity index (χ0) is 30.0. The molecule has 0 nitrogen and oxygen atoms in total. The third-order valence-corrected chi connectivity index (χ3v) is 15.9. The maximum absolute atomic E-state index is 3.82. The molecule has 8 bridgehead atoms. The van der Waals surface area contributed by atoms with Gasteiger partial charge in [-0.1, -0.05) is 107 Å². The van der Waals surface area contributed by atoms with Crippen LogP contribution in [0.2, 0.25) is 0 Å². The van der Waals surface area contributed by atoms with Crippen molar-refractivity contribution in [2.75, 3.05) is 0 Å². The van der Waals surface area contributed by atoms with E-state index in [9.17, 15) is 0 Å². The zero-order valence-electron chi connectivity index (χ0n) is 28.7. The molecular formula is C42H65Br. The molecule has 4 unspecified atom stereocenters. The molecule has 43 heavy (non-hydrogen) atoms. The first-order valence-electron chi connectivity index (χ1n) is 19.4. The fourth-order valence-corrected chi connectivity index (χ4v) is 15.7. The molecule has 8 saturated carbocycles. The number of rotatable bonds is 14. The van der Waals surface area contributed by atoms with Crippen molar-refractivity contribution >= 4 is 15.9 Å². The van der Waals surface area contributed by atoms with E-state index in [4.69, 9.17) is 0 Å². The highest BCUT2D eigenvalue weighted by Gasteiger charge is 2.76. The first-order valence-corrected chi connectivity index (χ1v) is 20.2. The minimum atomic E-state index is 0.410. The van der Waals surface area contributed by atoms with Gasteiger partial charge in [-0.05, 0) is 164 Å². The molecule has 1 heteroatoms. The molecule has 1 aromatic rings. The molecule has 0 spiro atoms. The van der Waals surface area contributed by atoms with Crippen LogP contribution < -0.4 is 0 Å². The van der Waals surface area contributed by atoms with Crippen molar-refractivity contribution < 1.29 is 0 Å². The summed E-state index contributed by atoms with van der Waals surface area (Å²) in [5, 5.41) is 0. The Hall–Kier alpha value is -0.300. The van der Waals surface area contributed by atoms with Crippen LogP contribution in [-0.2, 0) is 5.41 Å². The molecule has 1 aromatic carbocycles. The zero-order valence-corrected chi connectivity index (χ0v) is 30.3. The van der Waals surface area contributed by atoms with Gasteiger partial charge in [0, 0.05) is 4.47 Å². The second-order valence-electron chi connectivity index (χ2n) is 18.8. The summed E-state index contributed by atoms with van der Waals surface area (Å²) in [7, 11) is 0. The fourth-order valence-electron chi connectivity index (χ4n) is 15.5. The number of unbranched alkanes of at least 4 members (excludes halogenated alkanes) is 4. The topological polar surface area (TPSA) is 0 Å². The van der Waals surface area contributed by atoms with Crippen molar-refractivity contribution in [3.8, 4) is 0 Å². The summed E-state index contributed by atoms with van der Waals surface area (Å²) in [5.41, 5.74) is 5.84. The summed E-state index contributed by atoms with van der Waals surface area (Å²) < 4.78 is 1.26. The lowest BCUT2D eigenvalue weighted by Crippen LogP contribution is -2.70. The molecule has 4 atom stereocenters. The quantitative estimate of drug-likeness (QED) is 0.188. The van der Waals surface area contributed by atoms with Gasteiger partial charge >= 0.3 is 0 Å². The highest BCUT2D eigenvalue weighted by Crippen LogP contribution is 2.85. The number of hydrogen-bond acceptors (Lipinski definition) is 0. The normalized spacial score (nSPS) is 45.7. The molecule has 240 valence electrons. The van der Waals surface area contributed by atoms with E-state index in [-0.39, 0.29) is 0 Å². The van der Waals surface area contributed by atoms with E-state index in [1.807, 2.05) is 0 Å². The van der Waals surface area contributed by atoms with Gasteiger partial charge in [0.15, 0.2) is 0 Å². The maximum Gasteiger partial charge on any atom is 0.0175 e. The summed E-state index contributed by atoms with van der Waals surface area (Å²) >= 11 is 3.82. The van der Waals surface area contributed by atoms with Crippen molar-refractivity contribution in [2.45, 2.75) is 187 Å². The van der Waals surface area contributed by atoms with Gasteiger partial charge in [0.1, 0.15) is 0 Å². The van der Waals surface area contributed by atoms with E-state index in [1.165, 1.54) is 87.9 Å². The number of benzene rings is 1. The average molecular weight is 650 g/mol. The molecule has 0 aromatic heterocycles. The van der Waals surface area contributed by atoms with Crippen LogP contribution >= 0.6 is 15.9 Å². The van der Waals surface area contributed by atoms with E-state index in [1.54, 1.807) is 76.2 Å². The van der Waals surface area contributed by atoms with Gasteiger partial charge in [0.25, 0.3) is 0 Å². The molecule has 0 radical (unpaired) electrons. The van der Waals surface area contributed by atoms with Crippen LogP contribution in [0.1, 0.15) is 187 Å². The third-order valence-electron chi connectivity index (χ3n) is 15.4. The Morgan fingerprint density at radius 1 is 0.512 bits per heavy atom. The van der Waals surface area contributed by atoms with Crippen molar-refractivity contribution in [1.82, 2.24) is 0 Å². The largest absolute Gasteiger partial charge is 0.0654 e. The van der Waals surface area contributed by atoms with Gasteiger partial charge < -0.3 is 0 Å². The second-order valence-corrected chi connectivity index (χ2v) is 19.7. The molecule has 0 heterocycles. The Morgan fingerprint density at radius 3 is 1.44 bits per heavy atom. The summed E-state index contributed by atoms with van der Waals surface area (Å²) in [5.74, 6) is 1.03. The minimum Gasteiger partial charge on any atom is -0.0654 e. The Morgan fingerprint density at radius 2 is 0.953 bits per heavy atom. The lowest BCUT2D eigenvalue weighted by Gasteiger charge is -2.80. The molecule has 9 rings (SSSR count). The molecule has 0 N–H and O–H groups in total. The van der Waals surface area contributed by atoms with E-state index < -0.39 is 0 Å². The van der Waals surface area contributed by atoms with E-state index >= 15 is 0 Å². The average Bonchev–Trinajstić information content (AvgIpc) is 2.96. The predicted octanol–water partition coefficient (Wildman–Crippen LogP) is 13.7. The number of halogens is 1. The summed E-state index contributed by atoms with van der Waals surface area (Å²) in [6.07, 6.45) is 36.4. The molecular weight excluding hydrogens is 584 g/mol. The van der Waals surface area contributed by atoms with E-state index in [2.05, 4.69) is 67.9 Å². The van der Waals surface area contributed by atoms with Crippen LogP contribution in [0.15, 0.2) is 28.7 Å². The van der Waals surface area contributed by atoms with Crippen LogP contribution in [0.3, 0.4) is 0 Å². The first kappa shape index (κ1) is 31.3. The Kier molecular flexibility index (Phi) is 8.12. The summed E-state index contributed by atoms with van der Waals surface area (Å²) in [6.45, 7) is 9.83. The fraction of sp³-hybridized carbons (Fsp3) is 0.857. The van der Waals surface area contributed by atoms with Crippen LogP contribution in [-0.4, -0.2) is 0 Å². The molecule has 8 aliphatic carbocycles. The van der Waals surface area contributed by atoms with Gasteiger partial charge in [-0.2, -0.15) is 0 Å². The van der Waals surface area contributed by atoms with Crippen molar-refractivity contribution in [3.05, 3.63) is 34.3 Å². The van der Waals surface area contributed by atoms with Crippen LogP contribution in [0.4, 0.5) is 0 Å². The van der Waals surface area contributed by atoms with Gasteiger partial charge in [-0.15, -0.1) is 0 Å². The smallest absolute Gasteiger partial charge is 0.0175 e. The van der Waals surface area contributed by atoms with Crippen LogP contribution in [0, 0.1) is 38.4 Å². The van der Waals surface area contributed by atoms with Crippen molar-refractivity contribution in [3.63, 3.8) is 0 Å². The molecule has 0 amide bonds.